The van der Waals surface area contributed by atoms with Gasteiger partial charge in [-0.15, -0.1) is 0 Å². The molecule has 2 aromatic rings. The van der Waals surface area contributed by atoms with Gasteiger partial charge in [0, 0.05) is 19.2 Å². The van der Waals surface area contributed by atoms with Crippen molar-refractivity contribution in [3.05, 3.63) is 29.7 Å². The fourth-order valence-electron chi connectivity index (χ4n) is 2.28. The molecule has 96 valence electrons. The summed E-state index contributed by atoms with van der Waals surface area (Å²) < 4.78 is 7.32. The number of rotatable bonds is 4. The van der Waals surface area contributed by atoms with Crippen molar-refractivity contribution in [1.29, 1.82) is 0 Å². The third-order valence-corrected chi connectivity index (χ3v) is 3.45. The van der Waals surface area contributed by atoms with Gasteiger partial charge in [0.2, 0.25) is 5.89 Å². The Morgan fingerprint density at radius 1 is 1.50 bits per heavy atom. The number of nitrogens with zero attached hydrogens (tertiary/aromatic N) is 3. The van der Waals surface area contributed by atoms with E-state index in [4.69, 9.17) is 4.42 Å². The first-order chi connectivity index (χ1) is 8.72. The normalized spacial score (nSPS) is 15.7. The lowest BCUT2D eigenvalue weighted by Crippen LogP contribution is -2.12. The van der Waals surface area contributed by atoms with Crippen molar-refractivity contribution in [2.24, 2.45) is 7.05 Å². The van der Waals surface area contributed by atoms with Crippen LogP contribution in [-0.4, -0.2) is 14.8 Å². The second-order valence-corrected chi connectivity index (χ2v) is 4.95. The Hall–Kier alpha value is -1.78. The summed E-state index contributed by atoms with van der Waals surface area (Å²) in [5.74, 6) is 2.19. The summed E-state index contributed by atoms with van der Waals surface area (Å²) in [5, 5.41) is 7.93. The number of aryl methyl sites for hydroxylation is 2. The van der Waals surface area contributed by atoms with Crippen molar-refractivity contribution >= 4 is 5.69 Å². The van der Waals surface area contributed by atoms with Crippen LogP contribution in [0.2, 0.25) is 0 Å². The molecule has 1 N–H and O–H groups in total. The zero-order valence-corrected chi connectivity index (χ0v) is 10.8. The molecule has 1 aliphatic carbocycles. The largest absolute Gasteiger partial charge is 0.444 e. The van der Waals surface area contributed by atoms with Crippen molar-refractivity contribution < 1.29 is 4.42 Å². The highest BCUT2D eigenvalue weighted by atomic mass is 16.4. The summed E-state index contributed by atoms with van der Waals surface area (Å²) in [6.07, 6.45) is 7.60. The summed E-state index contributed by atoms with van der Waals surface area (Å²) in [5.41, 5.74) is 2.30. The highest BCUT2D eigenvalue weighted by molar-refractivity contribution is 5.48. The van der Waals surface area contributed by atoms with Gasteiger partial charge in [-0.3, -0.25) is 4.68 Å². The average molecular weight is 246 g/mol. The Bertz CT molecular complexity index is 539. The predicted octanol–water partition coefficient (Wildman–Crippen LogP) is 2.60. The average Bonchev–Trinajstić information content (AvgIpc) is 2.80. The quantitative estimate of drug-likeness (QED) is 0.901. The Morgan fingerprint density at radius 3 is 2.94 bits per heavy atom. The van der Waals surface area contributed by atoms with E-state index in [0.29, 0.717) is 12.5 Å². The molecule has 0 spiro atoms. The molecule has 18 heavy (non-hydrogen) atoms. The van der Waals surface area contributed by atoms with E-state index >= 15 is 0 Å². The molecule has 0 amide bonds. The molecule has 0 aromatic carbocycles. The van der Waals surface area contributed by atoms with Crippen molar-refractivity contribution in [2.45, 2.75) is 38.6 Å². The standard InChI is InChI=1S/C13H18N4O/c1-9-6-15-12(18-9)7-14-11-8-17(2)16-13(11)10-4-3-5-10/h6,8,10,14H,3-5,7H2,1-2H3. The molecule has 0 saturated heterocycles. The monoisotopic (exact) mass is 246 g/mol. The van der Waals surface area contributed by atoms with Crippen molar-refractivity contribution in [2.75, 3.05) is 5.32 Å². The molecular formula is C13H18N4O. The van der Waals surface area contributed by atoms with Crippen LogP contribution in [0.25, 0.3) is 0 Å². The minimum Gasteiger partial charge on any atom is -0.444 e. The maximum absolute atomic E-state index is 5.45. The van der Waals surface area contributed by atoms with Gasteiger partial charge in [0.1, 0.15) is 5.76 Å². The Kier molecular flexibility index (Phi) is 2.81. The van der Waals surface area contributed by atoms with Gasteiger partial charge < -0.3 is 9.73 Å². The van der Waals surface area contributed by atoms with E-state index in [1.54, 1.807) is 6.20 Å². The molecule has 0 atom stereocenters. The van der Waals surface area contributed by atoms with Crippen molar-refractivity contribution in [3.8, 4) is 0 Å². The van der Waals surface area contributed by atoms with Gasteiger partial charge in [-0.2, -0.15) is 5.10 Å². The van der Waals surface area contributed by atoms with Crippen molar-refractivity contribution in [3.63, 3.8) is 0 Å². The van der Waals surface area contributed by atoms with Crippen LogP contribution in [0.1, 0.15) is 42.5 Å². The van der Waals surface area contributed by atoms with Crippen LogP contribution in [0.3, 0.4) is 0 Å². The van der Waals surface area contributed by atoms with Crippen molar-refractivity contribution in [1.82, 2.24) is 14.8 Å². The van der Waals surface area contributed by atoms with E-state index in [1.807, 2.05) is 24.9 Å². The highest BCUT2D eigenvalue weighted by Crippen LogP contribution is 2.38. The Balaban J connectivity index is 1.71. The molecule has 5 heteroatoms. The fraction of sp³-hybridized carbons (Fsp3) is 0.538. The topological polar surface area (TPSA) is 55.9 Å². The van der Waals surface area contributed by atoms with Gasteiger partial charge in [0.05, 0.1) is 24.1 Å². The van der Waals surface area contributed by atoms with Gasteiger partial charge in [-0.25, -0.2) is 4.98 Å². The van der Waals surface area contributed by atoms with Gasteiger partial charge in [0.25, 0.3) is 0 Å². The molecule has 0 radical (unpaired) electrons. The molecule has 0 unspecified atom stereocenters. The number of nitrogens with one attached hydrogen (secondary N) is 1. The number of hydrogen-bond donors (Lipinski definition) is 1. The van der Waals surface area contributed by atoms with E-state index in [1.165, 1.54) is 25.0 Å². The molecule has 1 aliphatic rings. The van der Waals surface area contributed by atoms with Crippen LogP contribution in [0.5, 0.6) is 0 Å². The van der Waals surface area contributed by atoms with Crippen LogP contribution >= 0.6 is 0 Å². The maximum atomic E-state index is 5.45. The first kappa shape index (κ1) is 11.3. The molecule has 1 saturated carbocycles. The van der Waals surface area contributed by atoms with Gasteiger partial charge in [-0.05, 0) is 19.8 Å². The van der Waals surface area contributed by atoms with E-state index in [0.717, 1.165) is 17.3 Å². The summed E-state index contributed by atoms with van der Waals surface area (Å²) >= 11 is 0. The lowest BCUT2D eigenvalue weighted by molar-refractivity contribution is 0.408. The zero-order chi connectivity index (χ0) is 12.5. The highest BCUT2D eigenvalue weighted by Gasteiger charge is 2.25. The second kappa shape index (κ2) is 4.48. The van der Waals surface area contributed by atoms with E-state index in [2.05, 4.69) is 15.4 Å². The summed E-state index contributed by atoms with van der Waals surface area (Å²) in [6.45, 7) is 2.51. The van der Waals surface area contributed by atoms with Crippen LogP contribution in [0, 0.1) is 6.92 Å². The smallest absolute Gasteiger partial charge is 0.213 e. The zero-order valence-electron chi connectivity index (χ0n) is 10.8. The third-order valence-electron chi connectivity index (χ3n) is 3.45. The van der Waals surface area contributed by atoms with Crippen LogP contribution in [0.4, 0.5) is 5.69 Å². The summed E-state index contributed by atoms with van der Waals surface area (Å²) in [7, 11) is 1.96. The van der Waals surface area contributed by atoms with Gasteiger partial charge in [-0.1, -0.05) is 6.42 Å². The third kappa shape index (κ3) is 2.12. The number of aromatic nitrogens is 3. The maximum Gasteiger partial charge on any atom is 0.213 e. The summed E-state index contributed by atoms with van der Waals surface area (Å²) in [6, 6.07) is 0. The van der Waals surface area contributed by atoms with E-state index in [9.17, 15) is 0 Å². The SMILES string of the molecule is Cc1cnc(CNc2cn(C)nc2C2CCC2)o1. The predicted molar refractivity (Wildman–Crippen MR) is 68.4 cm³/mol. The first-order valence-corrected chi connectivity index (χ1v) is 6.41. The van der Waals surface area contributed by atoms with E-state index < -0.39 is 0 Å². The van der Waals surface area contributed by atoms with Crippen LogP contribution < -0.4 is 5.32 Å². The Morgan fingerprint density at radius 2 is 2.33 bits per heavy atom. The minimum absolute atomic E-state index is 0.610. The molecule has 1 fully saturated rings. The number of anilines is 1. The minimum atomic E-state index is 0.610. The lowest BCUT2D eigenvalue weighted by Gasteiger charge is -2.24. The molecule has 0 bridgehead atoms. The summed E-state index contributed by atoms with van der Waals surface area (Å²) in [4.78, 5) is 4.19. The van der Waals surface area contributed by atoms with Crippen LogP contribution in [0.15, 0.2) is 16.8 Å². The Labute approximate surface area is 106 Å². The molecular weight excluding hydrogens is 228 g/mol. The van der Waals surface area contributed by atoms with E-state index in [-0.39, 0.29) is 0 Å². The second-order valence-electron chi connectivity index (χ2n) is 4.95. The van der Waals surface area contributed by atoms with Crippen LogP contribution in [-0.2, 0) is 13.6 Å². The molecule has 5 nitrogen and oxygen atoms in total. The molecule has 2 heterocycles. The molecule has 2 aromatic heterocycles. The number of oxazole rings is 1. The lowest BCUT2D eigenvalue weighted by atomic mass is 9.82. The van der Waals surface area contributed by atoms with Gasteiger partial charge in [0.15, 0.2) is 0 Å². The molecule has 0 aliphatic heterocycles. The fourth-order valence-corrected chi connectivity index (χ4v) is 2.28. The molecule has 3 rings (SSSR count). The van der Waals surface area contributed by atoms with Gasteiger partial charge >= 0.3 is 0 Å². The first-order valence-electron chi connectivity index (χ1n) is 6.41. The number of hydrogen-bond acceptors (Lipinski definition) is 4.